The predicted molar refractivity (Wildman–Crippen MR) is 96.2 cm³/mol. The van der Waals surface area contributed by atoms with Crippen LogP contribution in [0.4, 0.5) is 4.79 Å². The summed E-state index contributed by atoms with van der Waals surface area (Å²) in [6, 6.07) is 0.391. The molecule has 2 atom stereocenters. The molecule has 3 rings (SSSR count). The van der Waals surface area contributed by atoms with Gasteiger partial charge in [0, 0.05) is 31.6 Å². The second-order valence-electron chi connectivity index (χ2n) is 7.95. The Bertz CT molecular complexity index is 459. The van der Waals surface area contributed by atoms with Gasteiger partial charge in [0.25, 0.3) is 0 Å². The summed E-state index contributed by atoms with van der Waals surface area (Å²) in [6.45, 7) is 4.72. The number of piperidine rings is 1. The van der Waals surface area contributed by atoms with E-state index in [1.54, 1.807) is 0 Å². The molecule has 6 heteroatoms. The van der Waals surface area contributed by atoms with E-state index in [1.807, 2.05) is 4.90 Å². The Balaban J connectivity index is 1.28. The number of carbonyl (C=O) groups is 2. The minimum absolute atomic E-state index is 0.0265. The number of nitrogens with one attached hydrogen (secondary N) is 2. The summed E-state index contributed by atoms with van der Waals surface area (Å²) in [4.78, 5) is 26.1. The van der Waals surface area contributed by atoms with E-state index in [2.05, 4.69) is 17.6 Å². The monoisotopic (exact) mass is 351 g/mol. The molecule has 0 bridgehead atoms. The maximum absolute atomic E-state index is 12.2. The second kappa shape index (κ2) is 8.88. The molecule has 2 saturated carbocycles. The van der Waals surface area contributed by atoms with E-state index in [0.717, 1.165) is 32.1 Å². The first-order valence-corrected chi connectivity index (χ1v) is 10.1. The van der Waals surface area contributed by atoms with Crippen molar-refractivity contribution in [1.29, 1.82) is 0 Å². The third-order valence-electron chi connectivity index (χ3n) is 5.82. The number of hydrogen-bond donors (Lipinski definition) is 2. The van der Waals surface area contributed by atoms with Crippen molar-refractivity contribution < 1.29 is 14.3 Å². The number of likely N-dealkylation sites (tertiary alicyclic amines) is 1. The first kappa shape index (κ1) is 18.5. The molecule has 0 spiro atoms. The van der Waals surface area contributed by atoms with Crippen molar-refractivity contribution in [2.45, 2.75) is 70.4 Å². The van der Waals surface area contributed by atoms with Gasteiger partial charge in [-0.25, -0.2) is 4.79 Å². The van der Waals surface area contributed by atoms with Gasteiger partial charge in [0.2, 0.25) is 5.91 Å². The Morgan fingerprint density at radius 2 is 1.76 bits per heavy atom. The summed E-state index contributed by atoms with van der Waals surface area (Å²) < 4.78 is 5.94. The van der Waals surface area contributed by atoms with Crippen molar-refractivity contribution in [2.75, 3.05) is 26.2 Å². The van der Waals surface area contributed by atoms with Crippen LogP contribution in [0, 0.1) is 11.8 Å². The Morgan fingerprint density at radius 3 is 2.44 bits per heavy atom. The zero-order chi connectivity index (χ0) is 17.6. The van der Waals surface area contributed by atoms with Crippen molar-refractivity contribution >= 4 is 11.9 Å². The third kappa shape index (κ3) is 5.59. The lowest BCUT2D eigenvalue weighted by Gasteiger charge is -2.32. The number of ether oxygens (including phenoxy) is 1. The van der Waals surface area contributed by atoms with Crippen LogP contribution in [-0.4, -0.2) is 55.2 Å². The second-order valence-corrected chi connectivity index (χ2v) is 7.95. The molecule has 2 unspecified atom stereocenters. The zero-order valence-corrected chi connectivity index (χ0v) is 15.5. The quantitative estimate of drug-likeness (QED) is 0.721. The molecule has 142 valence electrons. The van der Waals surface area contributed by atoms with E-state index in [-0.39, 0.29) is 17.9 Å². The maximum Gasteiger partial charge on any atom is 0.317 e. The molecule has 6 nitrogen and oxygen atoms in total. The lowest BCUT2D eigenvalue weighted by molar-refractivity contribution is -0.126. The number of carbonyl (C=O) groups excluding carboxylic acids is 2. The van der Waals surface area contributed by atoms with Crippen LogP contribution in [0.3, 0.4) is 0 Å². The number of nitrogens with zero attached hydrogens (tertiary/aromatic N) is 1. The van der Waals surface area contributed by atoms with Crippen LogP contribution in [-0.2, 0) is 9.53 Å². The van der Waals surface area contributed by atoms with Gasteiger partial charge in [-0.1, -0.05) is 19.8 Å². The number of rotatable bonds is 6. The Morgan fingerprint density at radius 1 is 1.04 bits per heavy atom. The Labute approximate surface area is 151 Å². The normalized spacial score (nSPS) is 27.8. The van der Waals surface area contributed by atoms with Crippen molar-refractivity contribution in [3.63, 3.8) is 0 Å². The standard InChI is InChI=1S/C19H33N3O3/c1-14-4-2-3-5-17(14)25-13-10-20-19(24)22-11-8-15(9-12-22)18(23)21-16-6-7-16/h14-17H,2-13H2,1H3,(H,20,24)(H,21,23). The van der Waals surface area contributed by atoms with E-state index in [4.69, 9.17) is 4.74 Å². The molecular weight excluding hydrogens is 318 g/mol. The van der Waals surface area contributed by atoms with E-state index < -0.39 is 0 Å². The fraction of sp³-hybridized carbons (Fsp3) is 0.895. The molecule has 1 saturated heterocycles. The van der Waals surface area contributed by atoms with Crippen LogP contribution in [0.5, 0.6) is 0 Å². The molecule has 0 aromatic rings. The van der Waals surface area contributed by atoms with E-state index in [0.29, 0.717) is 44.3 Å². The van der Waals surface area contributed by atoms with Crippen LogP contribution < -0.4 is 10.6 Å². The number of amides is 3. The van der Waals surface area contributed by atoms with E-state index >= 15 is 0 Å². The lowest BCUT2D eigenvalue weighted by Crippen LogP contribution is -2.47. The minimum Gasteiger partial charge on any atom is -0.376 e. The van der Waals surface area contributed by atoms with E-state index in [1.165, 1.54) is 19.3 Å². The highest BCUT2D eigenvalue weighted by atomic mass is 16.5. The van der Waals surface area contributed by atoms with Crippen molar-refractivity contribution in [2.24, 2.45) is 11.8 Å². The highest BCUT2D eigenvalue weighted by Crippen LogP contribution is 2.26. The number of urea groups is 1. The molecule has 0 radical (unpaired) electrons. The zero-order valence-electron chi connectivity index (χ0n) is 15.5. The molecule has 3 aliphatic rings. The molecule has 1 heterocycles. The SMILES string of the molecule is CC1CCCCC1OCCNC(=O)N1CCC(C(=O)NC2CC2)CC1. The van der Waals surface area contributed by atoms with Gasteiger partial charge in [-0.3, -0.25) is 4.79 Å². The van der Waals surface area contributed by atoms with Crippen LogP contribution in [0.1, 0.15) is 58.3 Å². The molecule has 25 heavy (non-hydrogen) atoms. The average Bonchev–Trinajstić information content (AvgIpc) is 3.44. The topological polar surface area (TPSA) is 70.7 Å². The molecule has 2 N–H and O–H groups in total. The lowest BCUT2D eigenvalue weighted by atomic mass is 9.88. The Kier molecular flexibility index (Phi) is 6.57. The predicted octanol–water partition coefficient (Wildman–Crippen LogP) is 2.28. The fourth-order valence-corrected chi connectivity index (χ4v) is 3.90. The third-order valence-corrected chi connectivity index (χ3v) is 5.82. The summed E-state index contributed by atoms with van der Waals surface area (Å²) in [5.41, 5.74) is 0. The minimum atomic E-state index is -0.0265. The summed E-state index contributed by atoms with van der Waals surface area (Å²) in [6.07, 6.45) is 9.09. The molecular formula is C19H33N3O3. The first-order valence-electron chi connectivity index (χ1n) is 10.1. The summed E-state index contributed by atoms with van der Waals surface area (Å²) in [5.74, 6) is 0.878. The van der Waals surface area contributed by atoms with Gasteiger partial charge in [0.1, 0.15) is 0 Å². The summed E-state index contributed by atoms with van der Waals surface area (Å²) in [7, 11) is 0. The fourth-order valence-electron chi connectivity index (χ4n) is 3.90. The van der Waals surface area contributed by atoms with Gasteiger partial charge < -0.3 is 20.3 Å². The van der Waals surface area contributed by atoms with Gasteiger partial charge in [-0.05, 0) is 44.4 Å². The van der Waals surface area contributed by atoms with Crippen molar-refractivity contribution in [3.8, 4) is 0 Å². The maximum atomic E-state index is 12.2. The Hall–Kier alpha value is -1.30. The summed E-state index contributed by atoms with van der Waals surface area (Å²) >= 11 is 0. The molecule has 0 aromatic heterocycles. The van der Waals surface area contributed by atoms with E-state index in [9.17, 15) is 9.59 Å². The van der Waals surface area contributed by atoms with Gasteiger partial charge in [-0.2, -0.15) is 0 Å². The van der Waals surface area contributed by atoms with Gasteiger partial charge in [0.15, 0.2) is 0 Å². The van der Waals surface area contributed by atoms with Crippen LogP contribution in [0.2, 0.25) is 0 Å². The van der Waals surface area contributed by atoms with Gasteiger partial charge in [0.05, 0.1) is 12.7 Å². The van der Waals surface area contributed by atoms with Crippen LogP contribution in [0.15, 0.2) is 0 Å². The molecule has 1 aliphatic heterocycles. The molecule has 3 fully saturated rings. The van der Waals surface area contributed by atoms with Crippen LogP contribution >= 0.6 is 0 Å². The highest BCUT2D eigenvalue weighted by Gasteiger charge is 2.31. The molecule has 2 aliphatic carbocycles. The highest BCUT2D eigenvalue weighted by molar-refractivity contribution is 5.80. The van der Waals surface area contributed by atoms with Crippen LogP contribution in [0.25, 0.3) is 0 Å². The van der Waals surface area contributed by atoms with Crippen molar-refractivity contribution in [1.82, 2.24) is 15.5 Å². The first-order chi connectivity index (χ1) is 12.1. The van der Waals surface area contributed by atoms with Gasteiger partial charge in [-0.15, -0.1) is 0 Å². The van der Waals surface area contributed by atoms with Gasteiger partial charge >= 0.3 is 6.03 Å². The smallest absolute Gasteiger partial charge is 0.317 e. The summed E-state index contributed by atoms with van der Waals surface area (Å²) in [5, 5.41) is 6.02. The number of hydrogen-bond acceptors (Lipinski definition) is 3. The average molecular weight is 351 g/mol. The molecule has 3 amide bonds. The molecule has 0 aromatic carbocycles. The van der Waals surface area contributed by atoms with Crippen molar-refractivity contribution in [3.05, 3.63) is 0 Å². The largest absolute Gasteiger partial charge is 0.376 e.